The fraction of sp³-hybridized carbons (Fsp3) is 0.319. The van der Waals surface area contributed by atoms with E-state index in [4.69, 9.17) is 19.2 Å². The largest absolute Gasteiger partial charge is 0.508 e. The molecule has 64 heavy (non-hydrogen) atoms. The van der Waals surface area contributed by atoms with Crippen LogP contribution in [0.1, 0.15) is 67.9 Å². The van der Waals surface area contributed by atoms with Gasteiger partial charge in [-0.15, -0.1) is 4.57 Å². The summed E-state index contributed by atoms with van der Waals surface area (Å²) in [6.07, 6.45) is 2.04. The second-order valence-corrected chi connectivity index (χ2v) is 16.5. The number of ether oxygens (including phenoxy) is 3. The lowest BCUT2D eigenvalue weighted by Gasteiger charge is -2.31. The van der Waals surface area contributed by atoms with Crippen LogP contribution in [0.15, 0.2) is 76.4 Å². The average molecular weight is 871 g/mol. The molecule has 2 aliphatic heterocycles. The first kappa shape index (κ1) is 42.1. The van der Waals surface area contributed by atoms with Crippen molar-refractivity contribution in [3.8, 4) is 45.7 Å². The molecule has 6 heterocycles. The van der Waals surface area contributed by atoms with Crippen LogP contribution in [0.4, 0.5) is 4.79 Å². The molecule has 0 saturated carbocycles. The van der Waals surface area contributed by atoms with Crippen LogP contribution < -0.4 is 21.1 Å². The molecule has 0 radical (unpaired) electrons. The number of aromatic amines is 2. The summed E-state index contributed by atoms with van der Waals surface area (Å²) in [5, 5.41) is 39.5. The molecule has 4 aromatic heterocycles. The molecule has 17 heteroatoms. The van der Waals surface area contributed by atoms with Crippen LogP contribution in [0.25, 0.3) is 50.3 Å². The van der Waals surface area contributed by atoms with Gasteiger partial charge in [-0.3, -0.25) is 4.79 Å². The van der Waals surface area contributed by atoms with Crippen molar-refractivity contribution in [1.82, 2.24) is 28.7 Å². The molecule has 0 saturated heterocycles. The van der Waals surface area contributed by atoms with Crippen LogP contribution in [-0.4, -0.2) is 82.9 Å². The van der Waals surface area contributed by atoms with Crippen molar-refractivity contribution in [3.63, 3.8) is 0 Å². The minimum Gasteiger partial charge on any atom is -0.508 e. The number of aryl methyl sites for hydroxylation is 1. The molecule has 17 nitrogen and oxygen atoms in total. The molecule has 1 unspecified atom stereocenters. The van der Waals surface area contributed by atoms with Gasteiger partial charge in [-0.2, -0.15) is 10.2 Å². The number of carbonyl (C=O) groups is 2. The fourth-order valence-corrected chi connectivity index (χ4v) is 8.87. The maximum Gasteiger partial charge on any atom is 0.449 e. The lowest BCUT2D eigenvalue weighted by Crippen LogP contribution is -2.44. The number of benzene rings is 3. The summed E-state index contributed by atoms with van der Waals surface area (Å²) in [5.74, 6) is -0.303. The Morgan fingerprint density at radius 2 is 1.83 bits per heavy atom. The summed E-state index contributed by atoms with van der Waals surface area (Å²) in [7, 11) is 1.63. The van der Waals surface area contributed by atoms with Crippen molar-refractivity contribution in [2.75, 3.05) is 26.8 Å². The molecule has 0 bridgehead atoms. The van der Waals surface area contributed by atoms with Gasteiger partial charge >= 0.3 is 23.6 Å². The normalized spacial score (nSPS) is 15.4. The summed E-state index contributed by atoms with van der Waals surface area (Å²) in [6, 6.07) is 17.4. The van der Waals surface area contributed by atoms with Gasteiger partial charge in [-0.1, -0.05) is 27.7 Å². The van der Waals surface area contributed by atoms with Gasteiger partial charge < -0.3 is 43.6 Å². The zero-order valence-electron chi connectivity index (χ0n) is 36.0. The maximum absolute atomic E-state index is 13.7. The highest BCUT2D eigenvalue weighted by Crippen LogP contribution is 2.41. The number of likely N-dealkylation sites (N-methyl/N-ethyl adjacent to an activating group) is 1. The van der Waals surface area contributed by atoms with Crippen molar-refractivity contribution in [3.05, 3.63) is 116 Å². The smallest absolute Gasteiger partial charge is 0.449 e. The Labute approximate surface area is 365 Å². The molecule has 3 aromatic carbocycles. The van der Waals surface area contributed by atoms with E-state index in [1.54, 1.807) is 48.9 Å². The Morgan fingerprint density at radius 3 is 2.59 bits per heavy atom. The third-order valence-electron chi connectivity index (χ3n) is 12.4. The summed E-state index contributed by atoms with van der Waals surface area (Å²) in [4.78, 5) is 58.9. The zero-order valence-corrected chi connectivity index (χ0v) is 36.0. The molecule has 7 aromatic rings. The number of aromatic hydroxyl groups is 2. The number of aromatic nitrogens is 6. The Morgan fingerprint density at radius 1 is 1.02 bits per heavy atom. The van der Waals surface area contributed by atoms with Crippen molar-refractivity contribution < 1.29 is 44.2 Å². The first-order valence-electron chi connectivity index (χ1n) is 21.2. The third kappa shape index (κ3) is 6.96. The lowest BCUT2D eigenvalue weighted by molar-refractivity contribution is -0.440. The van der Waals surface area contributed by atoms with E-state index < -0.39 is 23.4 Å². The van der Waals surface area contributed by atoms with Crippen LogP contribution in [0.5, 0.6) is 17.2 Å². The van der Waals surface area contributed by atoms with E-state index in [-0.39, 0.29) is 66.8 Å². The topological polar surface area (TPSA) is 218 Å². The predicted molar refractivity (Wildman–Crippen MR) is 235 cm³/mol. The van der Waals surface area contributed by atoms with E-state index >= 15 is 0 Å². The molecule has 1 atom stereocenters. The number of pyridine rings is 2. The Hall–Kier alpha value is -7.24. The first-order chi connectivity index (χ1) is 30.7. The molecule has 330 valence electrons. The number of phenols is 2. The summed E-state index contributed by atoms with van der Waals surface area (Å²) in [6.45, 7) is 9.04. The first-order valence-corrected chi connectivity index (χ1v) is 21.2. The van der Waals surface area contributed by atoms with Gasteiger partial charge in [0, 0.05) is 59.8 Å². The van der Waals surface area contributed by atoms with E-state index in [9.17, 15) is 34.5 Å². The van der Waals surface area contributed by atoms with Crippen molar-refractivity contribution in [2.24, 2.45) is 0 Å². The molecule has 0 spiro atoms. The number of nitrogens with zero attached hydrogens (tertiary/aromatic N) is 5. The summed E-state index contributed by atoms with van der Waals surface area (Å²) >= 11 is 0. The summed E-state index contributed by atoms with van der Waals surface area (Å²) in [5.41, 5.74) is 3.95. The molecule has 5 N–H and O–H groups in total. The van der Waals surface area contributed by atoms with Gasteiger partial charge in [0.2, 0.25) is 0 Å². The van der Waals surface area contributed by atoms with Crippen LogP contribution in [-0.2, 0) is 46.0 Å². The number of amides is 1. The molecule has 2 aliphatic rings. The molecule has 9 rings (SSSR count). The third-order valence-corrected chi connectivity index (χ3v) is 12.4. The molecular weight excluding hydrogens is 823 g/mol. The zero-order chi connectivity index (χ0) is 45.2. The molecule has 1 amide bonds. The van der Waals surface area contributed by atoms with Gasteiger partial charge in [-0.25, -0.2) is 19.4 Å². The second kappa shape index (κ2) is 16.1. The Balaban J connectivity index is 0.831. The van der Waals surface area contributed by atoms with Gasteiger partial charge in [0.15, 0.2) is 5.60 Å². The highest BCUT2D eigenvalue weighted by atomic mass is 16.6. The standard InChI is InChI=1S/C47H47N7O10/c1-6-29-31-19-28(9-10-36(31)48-41-33(29)23-53-38(41)21-35-34(43(53)57)24-63-44(58)47(35,61)7-2)64-46(60)51(5)14-16-62-17-15-52-13-12-26-18-27(8-11-37(26)52)54-42(49-50-45(54)59)32-20-30(25(3)4)39(55)22-40(32)56/h8-13,18-22,25,55-56,61H,6-7,14-17,23-24H2,1-5H3,(H,50,59)/p+1. The number of hydrogen-bond acceptors (Lipinski definition) is 11. The number of rotatable bonds is 12. The highest BCUT2D eigenvalue weighted by Gasteiger charge is 2.45. The molecule has 0 fully saturated rings. The van der Waals surface area contributed by atoms with Gasteiger partial charge in [0.1, 0.15) is 35.1 Å². The van der Waals surface area contributed by atoms with Crippen molar-refractivity contribution in [1.29, 1.82) is 0 Å². The lowest BCUT2D eigenvalue weighted by atomic mass is 9.86. The fourth-order valence-electron chi connectivity index (χ4n) is 8.87. The van der Waals surface area contributed by atoms with Crippen LogP contribution in [0, 0.1) is 0 Å². The van der Waals surface area contributed by atoms with Gasteiger partial charge in [0.05, 0.1) is 42.2 Å². The molecule has 0 aliphatic carbocycles. The van der Waals surface area contributed by atoms with E-state index in [0.717, 1.165) is 27.4 Å². The van der Waals surface area contributed by atoms with E-state index in [0.29, 0.717) is 64.9 Å². The Kier molecular flexibility index (Phi) is 10.6. The van der Waals surface area contributed by atoms with Crippen LogP contribution >= 0.6 is 0 Å². The number of H-pyrrole nitrogens is 2. The van der Waals surface area contributed by atoms with E-state index in [1.807, 2.05) is 55.8 Å². The minimum absolute atomic E-state index is 0.0162. The van der Waals surface area contributed by atoms with Gasteiger partial charge in [0.25, 0.3) is 5.56 Å². The number of fused-ring (bicyclic) bond motifs is 6. The monoisotopic (exact) mass is 870 g/mol. The number of phenolic OH excluding ortho intramolecular Hbond substituents is 2. The van der Waals surface area contributed by atoms with Crippen LogP contribution in [0.2, 0.25) is 0 Å². The average Bonchev–Trinajstić information content (AvgIpc) is 3.98. The number of esters is 1. The van der Waals surface area contributed by atoms with E-state index in [1.165, 1.54) is 15.5 Å². The highest BCUT2D eigenvalue weighted by molar-refractivity contribution is 5.90. The van der Waals surface area contributed by atoms with Crippen molar-refractivity contribution in [2.45, 2.75) is 71.8 Å². The predicted octanol–water partition coefficient (Wildman–Crippen LogP) is 5.24. The Bertz CT molecular complexity index is 3160. The second-order valence-electron chi connectivity index (χ2n) is 16.5. The van der Waals surface area contributed by atoms with Crippen molar-refractivity contribution >= 4 is 33.9 Å². The van der Waals surface area contributed by atoms with E-state index in [2.05, 4.69) is 10.2 Å². The van der Waals surface area contributed by atoms with Gasteiger partial charge in [-0.05, 0) is 84.5 Å². The quantitative estimate of drug-likeness (QED) is 0.0920. The number of aliphatic hydroxyl groups is 1. The maximum atomic E-state index is 13.7. The summed E-state index contributed by atoms with van der Waals surface area (Å²) < 4.78 is 22.0. The minimum atomic E-state index is -1.91. The number of hydrogen-bond donors (Lipinski definition) is 4. The SMILES string of the molecule is CCc1c2c(nc3ccc(OC(=O)N(C)CCOCCn4ccc5cc(-n6c(-c7cc(C(C)C)c(O)cc7O)[nH+][nH]c6=O)ccc54)cc13)-c1cc3c(c(=O)n1C2)COC(=O)C3(O)CC. The number of carbonyl (C=O) groups excluding carboxylic acids is 2. The molecular formula is C47H48N7O10+. The number of cyclic esters (lactones) is 1. The van der Waals surface area contributed by atoms with Crippen LogP contribution in [0.3, 0.4) is 0 Å². The number of nitrogens with one attached hydrogen (secondary N) is 2.